The van der Waals surface area contributed by atoms with Gasteiger partial charge >= 0.3 is 6.03 Å². The highest BCUT2D eigenvalue weighted by Crippen LogP contribution is 2.24. The molecule has 3 nitrogen and oxygen atoms in total. The number of benzene rings is 1. The summed E-state index contributed by atoms with van der Waals surface area (Å²) in [6.45, 7) is 0. The quantitative estimate of drug-likeness (QED) is 0.578. The molecule has 0 heterocycles. The van der Waals surface area contributed by atoms with Gasteiger partial charge in [0.25, 0.3) is 0 Å². The smallest absolute Gasteiger partial charge is 0.329 e. The number of amides is 2. The van der Waals surface area contributed by atoms with Crippen molar-refractivity contribution in [1.29, 1.82) is 0 Å². The van der Waals surface area contributed by atoms with Crippen LogP contribution in [0.25, 0.3) is 0 Å². The molecule has 6 heteroatoms. The van der Waals surface area contributed by atoms with Gasteiger partial charge in [-0.3, -0.25) is 0 Å². The molecule has 0 fully saturated rings. The number of carbonyl (C=O) groups excluding carboxylic acids is 1. The fraction of sp³-hybridized carbons (Fsp3) is 0. The normalized spacial score (nSPS) is 9.77. The molecule has 0 saturated carbocycles. The number of thiol groups is 1. The Morgan fingerprint density at radius 3 is 2.62 bits per heavy atom. The van der Waals surface area contributed by atoms with Gasteiger partial charge in [0.05, 0.1) is 5.69 Å². The van der Waals surface area contributed by atoms with Gasteiger partial charge in [0.2, 0.25) is 0 Å². The fourth-order valence-electron chi connectivity index (χ4n) is 0.789. The zero-order valence-electron chi connectivity index (χ0n) is 6.37. The zero-order chi connectivity index (χ0) is 10.0. The Hall–Kier alpha value is 0.0500. The molecular formula is C7H6BrIN2OS. The summed E-state index contributed by atoms with van der Waals surface area (Å²) in [5.74, 6) is 0. The van der Waals surface area contributed by atoms with E-state index in [-0.39, 0.29) is 0 Å². The largest absolute Gasteiger partial charge is 0.350 e. The summed E-state index contributed by atoms with van der Waals surface area (Å²) < 4.78 is 2.98. The van der Waals surface area contributed by atoms with Gasteiger partial charge in [-0.25, -0.2) is 9.10 Å². The van der Waals surface area contributed by atoms with Gasteiger partial charge in [0, 0.05) is 8.04 Å². The number of nitrogens with two attached hydrogens (primary N) is 1. The molecule has 2 amide bonds. The van der Waals surface area contributed by atoms with Crippen LogP contribution in [0.2, 0.25) is 0 Å². The van der Waals surface area contributed by atoms with Gasteiger partial charge in [-0.2, -0.15) is 0 Å². The third-order valence-electron chi connectivity index (χ3n) is 1.30. The first-order chi connectivity index (χ1) is 6.00. The second-order valence-electron chi connectivity index (χ2n) is 2.28. The maximum Gasteiger partial charge on any atom is 0.329 e. The van der Waals surface area contributed by atoms with Crippen molar-refractivity contribution in [3.63, 3.8) is 0 Å². The first-order valence-electron chi connectivity index (χ1n) is 3.25. The lowest BCUT2D eigenvalue weighted by Crippen LogP contribution is -2.27. The summed E-state index contributed by atoms with van der Waals surface area (Å²) in [4.78, 5) is 10.8. The number of carbonyl (C=O) groups is 1. The number of hydrogen-bond acceptors (Lipinski definition) is 2. The van der Waals surface area contributed by atoms with E-state index >= 15 is 0 Å². The lowest BCUT2D eigenvalue weighted by Gasteiger charge is -2.12. The van der Waals surface area contributed by atoms with Gasteiger partial charge in [-0.15, -0.1) is 0 Å². The average molecular weight is 373 g/mol. The number of hydrogen-bond donors (Lipinski definition) is 2. The van der Waals surface area contributed by atoms with Gasteiger partial charge < -0.3 is 5.73 Å². The van der Waals surface area contributed by atoms with E-state index < -0.39 is 6.03 Å². The van der Waals surface area contributed by atoms with E-state index in [0.29, 0.717) is 5.69 Å². The molecule has 0 unspecified atom stereocenters. The Morgan fingerprint density at radius 2 is 2.15 bits per heavy atom. The van der Waals surface area contributed by atoms with Crippen molar-refractivity contribution >= 4 is 63.1 Å². The molecule has 0 aliphatic carbocycles. The molecule has 0 aromatic heterocycles. The van der Waals surface area contributed by atoms with Crippen LogP contribution < -0.4 is 10.0 Å². The van der Waals surface area contributed by atoms with Gasteiger partial charge in [0.15, 0.2) is 0 Å². The summed E-state index contributed by atoms with van der Waals surface area (Å²) in [5.41, 5.74) is 5.71. The Kier molecular flexibility index (Phi) is 3.87. The minimum absolute atomic E-state index is 0.600. The maximum atomic E-state index is 10.8. The summed E-state index contributed by atoms with van der Waals surface area (Å²) in [6, 6.07) is 4.90. The van der Waals surface area contributed by atoms with Crippen molar-refractivity contribution < 1.29 is 4.79 Å². The van der Waals surface area contributed by atoms with E-state index in [1.54, 1.807) is 6.07 Å². The highest BCUT2D eigenvalue weighted by molar-refractivity contribution is 14.1. The number of nitrogens with zero attached hydrogens (tertiary/aromatic N) is 1. The summed E-state index contributed by atoms with van der Waals surface area (Å²) in [7, 11) is 0. The van der Waals surface area contributed by atoms with E-state index in [4.69, 9.17) is 5.73 Å². The molecule has 1 rings (SSSR count). The Morgan fingerprint density at radius 1 is 1.54 bits per heavy atom. The predicted molar refractivity (Wildman–Crippen MR) is 67.9 cm³/mol. The topological polar surface area (TPSA) is 46.3 Å². The monoisotopic (exact) mass is 372 g/mol. The second kappa shape index (κ2) is 4.52. The van der Waals surface area contributed by atoms with Crippen molar-refractivity contribution in [2.45, 2.75) is 0 Å². The third kappa shape index (κ3) is 3.03. The standard InChI is InChI=1S/C7H6BrIN2OS/c8-4-1-5(9)3-6(2-4)11(13)7(10)12/h1-3,13H,(H2,10,12). The van der Waals surface area contributed by atoms with Crippen molar-refractivity contribution in [2.75, 3.05) is 4.31 Å². The molecule has 70 valence electrons. The molecule has 0 aliphatic heterocycles. The average Bonchev–Trinajstić information content (AvgIpc) is 2.01. The number of urea groups is 1. The van der Waals surface area contributed by atoms with Crippen molar-refractivity contribution in [2.24, 2.45) is 5.73 Å². The van der Waals surface area contributed by atoms with Crippen molar-refractivity contribution in [3.8, 4) is 0 Å². The molecular weight excluding hydrogens is 367 g/mol. The summed E-state index contributed by atoms with van der Waals surface area (Å²) in [5, 5.41) is 0. The first-order valence-corrected chi connectivity index (χ1v) is 5.52. The van der Waals surface area contributed by atoms with E-state index in [9.17, 15) is 4.79 Å². The number of primary amides is 1. The minimum atomic E-state index is -0.600. The maximum absolute atomic E-state index is 10.8. The molecule has 0 saturated heterocycles. The van der Waals surface area contributed by atoms with Crippen LogP contribution in [0.3, 0.4) is 0 Å². The molecule has 0 spiro atoms. The van der Waals surface area contributed by atoms with E-state index in [2.05, 4.69) is 51.3 Å². The molecule has 0 aliphatic rings. The van der Waals surface area contributed by atoms with Gasteiger partial charge in [-0.1, -0.05) is 28.7 Å². The summed E-state index contributed by atoms with van der Waals surface area (Å²) in [6.07, 6.45) is 0. The minimum Gasteiger partial charge on any atom is -0.350 e. The van der Waals surface area contributed by atoms with Crippen molar-refractivity contribution in [3.05, 3.63) is 26.2 Å². The lowest BCUT2D eigenvalue weighted by atomic mass is 10.3. The van der Waals surface area contributed by atoms with Crippen LogP contribution in [0.1, 0.15) is 0 Å². The van der Waals surface area contributed by atoms with E-state index in [0.717, 1.165) is 12.3 Å². The third-order valence-corrected chi connectivity index (χ3v) is 2.81. The Balaban J connectivity index is 3.07. The second-order valence-corrected chi connectivity index (χ2v) is 4.84. The Labute approximate surface area is 103 Å². The van der Waals surface area contributed by atoms with Gasteiger partial charge in [0.1, 0.15) is 0 Å². The molecule has 0 bridgehead atoms. The van der Waals surface area contributed by atoms with E-state index in [1.807, 2.05) is 12.1 Å². The summed E-state index contributed by atoms with van der Waals surface area (Å²) >= 11 is 9.40. The highest BCUT2D eigenvalue weighted by atomic mass is 127. The van der Waals surface area contributed by atoms with Crippen LogP contribution >= 0.6 is 51.3 Å². The molecule has 1 aromatic rings. The molecule has 0 radical (unpaired) electrons. The highest BCUT2D eigenvalue weighted by Gasteiger charge is 2.08. The number of halogens is 2. The van der Waals surface area contributed by atoms with Gasteiger partial charge in [-0.05, 0) is 40.8 Å². The van der Waals surface area contributed by atoms with Crippen LogP contribution in [0.5, 0.6) is 0 Å². The van der Waals surface area contributed by atoms with Crippen LogP contribution in [0.4, 0.5) is 10.5 Å². The van der Waals surface area contributed by atoms with Crippen molar-refractivity contribution in [1.82, 2.24) is 0 Å². The van der Waals surface area contributed by atoms with E-state index in [1.165, 1.54) is 0 Å². The number of rotatable bonds is 1. The van der Waals surface area contributed by atoms with Crippen LogP contribution in [-0.2, 0) is 0 Å². The zero-order valence-corrected chi connectivity index (χ0v) is 11.0. The fourth-order valence-corrected chi connectivity index (χ4v) is 2.47. The Bertz CT molecular complexity index is 327. The predicted octanol–water partition coefficient (Wildman–Crippen LogP) is 2.78. The van der Waals surface area contributed by atoms with Crippen LogP contribution in [0.15, 0.2) is 22.7 Å². The lowest BCUT2D eigenvalue weighted by molar-refractivity contribution is 0.257. The van der Waals surface area contributed by atoms with Crippen LogP contribution in [-0.4, -0.2) is 6.03 Å². The SMILES string of the molecule is NC(=O)N(S)c1cc(Br)cc(I)c1. The van der Waals surface area contributed by atoms with Crippen LogP contribution in [0, 0.1) is 3.57 Å². The molecule has 13 heavy (non-hydrogen) atoms. The molecule has 2 N–H and O–H groups in total. The first kappa shape index (κ1) is 11.1. The number of anilines is 1. The molecule has 1 aromatic carbocycles. The molecule has 0 atom stereocenters.